The summed E-state index contributed by atoms with van der Waals surface area (Å²) in [6.45, 7) is 8.17. The second kappa shape index (κ2) is 7.92. The van der Waals surface area contributed by atoms with E-state index in [4.69, 9.17) is 4.74 Å². The normalized spacial score (nSPS) is 24.4. The third-order valence-corrected chi connectivity index (χ3v) is 6.84. The Kier molecular flexibility index (Phi) is 5.55. The van der Waals surface area contributed by atoms with Crippen LogP contribution in [0.5, 0.6) is 0 Å². The lowest BCUT2D eigenvalue weighted by Gasteiger charge is -2.45. The van der Waals surface area contributed by atoms with E-state index in [1.807, 2.05) is 24.9 Å². The summed E-state index contributed by atoms with van der Waals surface area (Å²) < 4.78 is 7.87. The number of piperidine rings is 2. The number of rotatable bonds is 3. The second-order valence-electron chi connectivity index (χ2n) is 8.82. The molecule has 0 bridgehead atoms. The molecular formula is C21H34N4O2. The van der Waals surface area contributed by atoms with Crippen molar-refractivity contribution in [3.63, 3.8) is 0 Å². The number of carbonyl (C=O) groups excluding carboxylic acids is 1. The largest absolute Gasteiger partial charge is 0.375 e. The molecule has 3 aliphatic rings. The van der Waals surface area contributed by atoms with Crippen LogP contribution in [0.2, 0.25) is 0 Å². The summed E-state index contributed by atoms with van der Waals surface area (Å²) in [4.78, 5) is 17.4. The maximum Gasteiger partial charge on any atom is 0.272 e. The third-order valence-electron chi connectivity index (χ3n) is 6.84. The highest BCUT2D eigenvalue weighted by molar-refractivity contribution is 5.92. The van der Waals surface area contributed by atoms with Crippen molar-refractivity contribution in [1.82, 2.24) is 19.6 Å². The van der Waals surface area contributed by atoms with Crippen LogP contribution in [-0.2, 0) is 11.8 Å². The molecule has 0 radical (unpaired) electrons. The van der Waals surface area contributed by atoms with Gasteiger partial charge in [0.2, 0.25) is 0 Å². The van der Waals surface area contributed by atoms with Crippen LogP contribution in [-0.4, -0.2) is 70.4 Å². The summed E-state index contributed by atoms with van der Waals surface area (Å²) in [5.74, 6) is 0.842. The summed E-state index contributed by atoms with van der Waals surface area (Å²) in [7, 11) is 1.85. The molecule has 4 heterocycles. The summed E-state index contributed by atoms with van der Waals surface area (Å²) in [5, 5.41) is 4.31. The van der Waals surface area contributed by atoms with E-state index in [9.17, 15) is 4.79 Å². The van der Waals surface area contributed by atoms with Gasteiger partial charge in [-0.3, -0.25) is 9.48 Å². The average molecular weight is 375 g/mol. The number of hydrogen-bond donors (Lipinski definition) is 0. The summed E-state index contributed by atoms with van der Waals surface area (Å²) >= 11 is 0. The molecule has 0 aliphatic carbocycles. The lowest BCUT2D eigenvalue weighted by Crippen LogP contribution is -2.49. The number of hydrogen-bond acceptors (Lipinski definition) is 4. The van der Waals surface area contributed by atoms with E-state index < -0.39 is 0 Å². The van der Waals surface area contributed by atoms with Crippen LogP contribution in [0.1, 0.15) is 61.1 Å². The molecule has 6 heteroatoms. The molecule has 0 unspecified atom stereocenters. The molecule has 1 amide bonds. The van der Waals surface area contributed by atoms with E-state index in [2.05, 4.69) is 10.00 Å². The van der Waals surface area contributed by atoms with Crippen molar-refractivity contribution in [1.29, 1.82) is 0 Å². The van der Waals surface area contributed by atoms with Gasteiger partial charge in [-0.15, -0.1) is 0 Å². The molecule has 1 spiro atoms. The van der Waals surface area contributed by atoms with Crippen molar-refractivity contribution in [2.75, 3.05) is 39.3 Å². The monoisotopic (exact) mass is 374 g/mol. The van der Waals surface area contributed by atoms with Crippen LogP contribution in [0, 0.1) is 12.8 Å². The Morgan fingerprint density at radius 2 is 1.93 bits per heavy atom. The predicted octanol–water partition coefficient (Wildman–Crippen LogP) is 2.62. The van der Waals surface area contributed by atoms with Gasteiger partial charge >= 0.3 is 0 Å². The molecule has 6 nitrogen and oxygen atoms in total. The van der Waals surface area contributed by atoms with Crippen LogP contribution in [0.3, 0.4) is 0 Å². The number of carbonyl (C=O) groups is 1. The lowest BCUT2D eigenvalue weighted by molar-refractivity contribution is -0.112. The molecule has 27 heavy (non-hydrogen) atoms. The van der Waals surface area contributed by atoms with E-state index in [0.717, 1.165) is 38.2 Å². The Hall–Kier alpha value is -1.40. The van der Waals surface area contributed by atoms with Crippen LogP contribution >= 0.6 is 0 Å². The number of amides is 1. The van der Waals surface area contributed by atoms with Gasteiger partial charge in [0.1, 0.15) is 5.69 Å². The minimum Gasteiger partial charge on any atom is -0.375 e. The molecule has 1 aromatic heterocycles. The Morgan fingerprint density at radius 1 is 1.19 bits per heavy atom. The van der Waals surface area contributed by atoms with Gasteiger partial charge in [0.05, 0.1) is 11.3 Å². The van der Waals surface area contributed by atoms with Crippen LogP contribution < -0.4 is 0 Å². The number of ether oxygens (including phenoxy) is 1. The Bertz CT molecular complexity index is 647. The highest BCUT2D eigenvalue weighted by Crippen LogP contribution is 2.35. The van der Waals surface area contributed by atoms with E-state index in [1.165, 1.54) is 51.7 Å². The molecule has 0 saturated carbocycles. The van der Waals surface area contributed by atoms with E-state index in [1.54, 1.807) is 4.68 Å². The minimum atomic E-state index is 0.130. The molecule has 3 saturated heterocycles. The number of aryl methyl sites for hydroxylation is 2. The average Bonchev–Trinajstić information content (AvgIpc) is 3.03. The van der Waals surface area contributed by atoms with Gasteiger partial charge in [0.25, 0.3) is 5.91 Å². The zero-order valence-electron chi connectivity index (χ0n) is 17.0. The van der Waals surface area contributed by atoms with Crippen molar-refractivity contribution in [2.45, 2.75) is 57.5 Å². The fourth-order valence-corrected chi connectivity index (χ4v) is 5.10. The Balaban J connectivity index is 1.23. The van der Waals surface area contributed by atoms with Crippen LogP contribution in [0.4, 0.5) is 0 Å². The summed E-state index contributed by atoms with van der Waals surface area (Å²) in [5.41, 5.74) is 1.81. The number of nitrogens with zero attached hydrogens (tertiary/aromatic N) is 4. The van der Waals surface area contributed by atoms with Gasteiger partial charge in [-0.2, -0.15) is 5.10 Å². The zero-order valence-corrected chi connectivity index (χ0v) is 17.0. The first-order valence-electron chi connectivity index (χ1n) is 10.7. The summed E-state index contributed by atoms with van der Waals surface area (Å²) in [6, 6.07) is 1.89. The summed E-state index contributed by atoms with van der Waals surface area (Å²) in [6.07, 6.45) is 8.45. The molecule has 4 rings (SSSR count). The quantitative estimate of drug-likeness (QED) is 0.816. The lowest BCUT2D eigenvalue weighted by atomic mass is 9.84. The van der Waals surface area contributed by atoms with Crippen molar-refractivity contribution < 1.29 is 9.53 Å². The van der Waals surface area contributed by atoms with E-state index in [-0.39, 0.29) is 11.5 Å². The molecule has 150 valence electrons. The molecule has 0 atom stereocenters. The smallest absolute Gasteiger partial charge is 0.272 e. The number of likely N-dealkylation sites (tertiary alicyclic amines) is 2. The maximum absolute atomic E-state index is 12.7. The maximum atomic E-state index is 12.7. The molecule has 3 fully saturated rings. The SMILES string of the molecule is Cc1cc(C(=O)N2CCC(CN3CCC4(CCCCO4)CC3)CC2)n(C)n1. The highest BCUT2D eigenvalue weighted by Gasteiger charge is 2.37. The van der Waals surface area contributed by atoms with Crippen LogP contribution in [0.25, 0.3) is 0 Å². The molecule has 0 N–H and O–H groups in total. The van der Waals surface area contributed by atoms with Gasteiger partial charge in [-0.25, -0.2) is 0 Å². The predicted molar refractivity (Wildman–Crippen MR) is 105 cm³/mol. The van der Waals surface area contributed by atoms with Crippen molar-refractivity contribution in [3.8, 4) is 0 Å². The van der Waals surface area contributed by atoms with Gasteiger partial charge in [-0.1, -0.05) is 0 Å². The topological polar surface area (TPSA) is 50.6 Å². The fourth-order valence-electron chi connectivity index (χ4n) is 5.10. The van der Waals surface area contributed by atoms with Crippen LogP contribution in [0.15, 0.2) is 6.07 Å². The molecule has 3 aliphatic heterocycles. The second-order valence-corrected chi connectivity index (χ2v) is 8.82. The first-order chi connectivity index (χ1) is 13.0. The third kappa shape index (κ3) is 4.21. The van der Waals surface area contributed by atoms with Gasteiger partial charge in [-0.05, 0) is 63.9 Å². The van der Waals surface area contributed by atoms with Gasteiger partial charge < -0.3 is 14.5 Å². The first kappa shape index (κ1) is 18.9. The minimum absolute atomic E-state index is 0.130. The zero-order chi connectivity index (χ0) is 18.9. The van der Waals surface area contributed by atoms with Crippen molar-refractivity contribution in [3.05, 3.63) is 17.5 Å². The molecular weight excluding hydrogens is 340 g/mol. The Labute approximate surface area is 162 Å². The van der Waals surface area contributed by atoms with E-state index >= 15 is 0 Å². The standard InChI is InChI=1S/C21H34N4O2/c1-17-15-19(23(2)22-17)20(26)25-10-5-18(6-11-25)16-24-12-8-21(9-13-24)7-3-4-14-27-21/h15,18H,3-14,16H2,1-2H3. The van der Waals surface area contributed by atoms with Gasteiger partial charge in [0.15, 0.2) is 0 Å². The van der Waals surface area contributed by atoms with Crippen molar-refractivity contribution >= 4 is 5.91 Å². The van der Waals surface area contributed by atoms with Crippen molar-refractivity contribution in [2.24, 2.45) is 13.0 Å². The van der Waals surface area contributed by atoms with E-state index in [0.29, 0.717) is 11.6 Å². The Morgan fingerprint density at radius 3 is 2.52 bits per heavy atom. The van der Waals surface area contributed by atoms with Gasteiger partial charge in [0, 0.05) is 46.4 Å². The highest BCUT2D eigenvalue weighted by atomic mass is 16.5. The number of aromatic nitrogens is 2. The molecule has 1 aromatic rings. The molecule has 0 aromatic carbocycles. The fraction of sp³-hybridized carbons (Fsp3) is 0.810. The first-order valence-corrected chi connectivity index (χ1v) is 10.7.